The highest BCUT2D eigenvalue weighted by Crippen LogP contribution is 2.14. The van der Waals surface area contributed by atoms with Crippen LogP contribution in [-0.2, 0) is 6.54 Å². The Morgan fingerprint density at radius 2 is 2.00 bits per heavy atom. The van der Waals surface area contributed by atoms with Gasteiger partial charge >= 0.3 is 0 Å². The lowest BCUT2D eigenvalue weighted by Gasteiger charge is -2.29. The number of likely N-dealkylation sites (N-methyl/N-ethyl adjacent to an activating group) is 1. The van der Waals surface area contributed by atoms with Gasteiger partial charge in [0, 0.05) is 12.6 Å². The monoisotopic (exact) mass is 266 g/mol. The summed E-state index contributed by atoms with van der Waals surface area (Å²) in [6, 6.07) is 4.47. The van der Waals surface area contributed by atoms with Gasteiger partial charge in [0.1, 0.15) is 5.76 Å². The molecule has 1 atom stereocenters. The number of unbranched alkanes of at least 4 members (excludes halogenated alkanes) is 4. The minimum absolute atomic E-state index is 0.483. The second-order valence-electron chi connectivity index (χ2n) is 5.23. The molecule has 0 aliphatic rings. The zero-order chi connectivity index (χ0) is 13.9. The lowest BCUT2D eigenvalue weighted by molar-refractivity contribution is 0.175. The maximum absolute atomic E-state index is 5.95. The van der Waals surface area contributed by atoms with Gasteiger partial charge in [-0.15, -0.1) is 0 Å². The summed E-state index contributed by atoms with van der Waals surface area (Å²) in [6.45, 7) is 7.09. The summed E-state index contributed by atoms with van der Waals surface area (Å²) in [5.74, 6) is 1.03. The molecule has 1 unspecified atom stereocenters. The van der Waals surface area contributed by atoms with Crippen LogP contribution in [0.1, 0.15) is 58.1 Å². The molecule has 0 saturated carbocycles. The lowest BCUT2D eigenvalue weighted by atomic mass is 10.0. The van der Waals surface area contributed by atoms with Crippen LogP contribution in [-0.4, -0.2) is 24.0 Å². The van der Waals surface area contributed by atoms with Crippen molar-refractivity contribution < 1.29 is 4.42 Å². The van der Waals surface area contributed by atoms with Crippen LogP contribution in [0.25, 0.3) is 0 Å². The van der Waals surface area contributed by atoms with Crippen molar-refractivity contribution in [3.8, 4) is 0 Å². The van der Waals surface area contributed by atoms with Crippen molar-refractivity contribution >= 4 is 0 Å². The quantitative estimate of drug-likeness (QED) is 0.620. The Morgan fingerprint density at radius 1 is 1.21 bits per heavy atom. The molecule has 0 aromatic carbocycles. The van der Waals surface area contributed by atoms with Crippen LogP contribution in [0.15, 0.2) is 22.8 Å². The summed E-state index contributed by atoms with van der Waals surface area (Å²) >= 11 is 0. The van der Waals surface area contributed by atoms with E-state index in [0.29, 0.717) is 6.04 Å². The SMILES string of the molecule is CCCCCCCC(CN)N(CC)Cc1ccco1. The van der Waals surface area contributed by atoms with Crippen LogP contribution >= 0.6 is 0 Å². The van der Waals surface area contributed by atoms with E-state index in [0.717, 1.165) is 25.4 Å². The van der Waals surface area contributed by atoms with E-state index in [1.165, 1.54) is 38.5 Å². The van der Waals surface area contributed by atoms with Gasteiger partial charge in [-0.3, -0.25) is 4.90 Å². The van der Waals surface area contributed by atoms with Gasteiger partial charge in [0.25, 0.3) is 0 Å². The highest BCUT2D eigenvalue weighted by atomic mass is 16.3. The van der Waals surface area contributed by atoms with E-state index in [1.54, 1.807) is 6.26 Å². The van der Waals surface area contributed by atoms with Crippen LogP contribution in [0.2, 0.25) is 0 Å². The van der Waals surface area contributed by atoms with Gasteiger partial charge < -0.3 is 10.2 Å². The molecule has 1 rings (SSSR count). The fourth-order valence-corrected chi connectivity index (χ4v) is 2.53. The molecule has 0 fully saturated rings. The molecule has 0 aliphatic heterocycles. The molecule has 2 N–H and O–H groups in total. The Hall–Kier alpha value is -0.800. The minimum Gasteiger partial charge on any atom is -0.468 e. The summed E-state index contributed by atoms with van der Waals surface area (Å²) in [6.07, 6.45) is 9.59. The average Bonchev–Trinajstić information content (AvgIpc) is 2.94. The molecule has 0 amide bonds. The van der Waals surface area contributed by atoms with E-state index in [2.05, 4.69) is 18.7 Å². The van der Waals surface area contributed by atoms with E-state index < -0.39 is 0 Å². The van der Waals surface area contributed by atoms with Crippen LogP contribution in [0.4, 0.5) is 0 Å². The van der Waals surface area contributed by atoms with Crippen LogP contribution in [0, 0.1) is 0 Å². The number of nitrogens with zero attached hydrogens (tertiary/aromatic N) is 1. The van der Waals surface area contributed by atoms with Crippen LogP contribution < -0.4 is 5.73 Å². The average molecular weight is 266 g/mol. The van der Waals surface area contributed by atoms with Crippen LogP contribution in [0.5, 0.6) is 0 Å². The Morgan fingerprint density at radius 3 is 2.58 bits per heavy atom. The van der Waals surface area contributed by atoms with E-state index in [4.69, 9.17) is 10.2 Å². The van der Waals surface area contributed by atoms with Crippen molar-refractivity contribution in [3.05, 3.63) is 24.2 Å². The molecule has 19 heavy (non-hydrogen) atoms. The second kappa shape index (κ2) is 10.0. The molecule has 0 bridgehead atoms. The molecule has 3 nitrogen and oxygen atoms in total. The Labute approximate surface area is 118 Å². The molecule has 1 aromatic heterocycles. The zero-order valence-electron chi connectivity index (χ0n) is 12.6. The van der Waals surface area contributed by atoms with Gasteiger partial charge in [-0.25, -0.2) is 0 Å². The summed E-state index contributed by atoms with van der Waals surface area (Å²) in [5, 5.41) is 0. The van der Waals surface area contributed by atoms with Crippen molar-refractivity contribution in [2.45, 2.75) is 65.0 Å². The van der Waals surface area contributed by atoms with Crippen molar-refractivity contribution in [1.82, 2.24) is 4.90 Å². The number of furan rings is 1. The molecule has 3 heteroatoms. The predicted molar refractivity (Wildman–Crippen MR) is 81.0 cm³/mol. The molecule has 0 aliphatic carbocycles. The maximum atomic E-state index is 5.95. The van der Waals surface area contributed by atoms with Crippen molar-refractivity contribution in [1.29, 1.82) is 0 Å². The number of hydrogen-bond donors (Lipinski definition) is 1. The molecular formula is C16H30N2O. The molecule has 0 saturated heterocycles. The summed E-state index contributed by atoms with van der Waals surface area (Å²) in [5.41, 5.74) is 5.95. The van der Waals surface area contributed by atoms with Gasteiger partial charge in [-0.1, -0.05) is 46.0 Å². The zero-order valence-corrected chi connectivity index (χ0v) is 12.6. The Kier molecular flexibility index (Phi) is 8.59. The molecule has 110 valence electrons. The topological polar surface area (TPSA) is 42.4 Å². The van der Waals surface area contributed by atoms with Crippen molar-refractivity contribution in [2.75, 3.05) is 13.1 Å². The predicted octanol–water partition coefficient (Wildman–Crippen LogP) is 3.79. The Bertz CT molecular complexity index is 298. The minimum atomic E-state index is 0.483. The van der Waals surface area contributed by atoms with E-state index in [-0.39, 0.29) is 0 Å². The highest BCUT2D eigenvalue weighted by Gasteiger charge is 2.16. The highest BCUT2D eigenvalue weighted by molar-refractivity contribution is 4.98. The standard InChI is InChI=1S/C16H30N2O/c1-3-5-6-7-8-10-15(13-17)18(4-2)14-16-11-9-12-19-16/h9,11-12,15H,3-8,10,13-14,17H2,1-2H3. The van der Waals surface area contributed by atoms with Crippen LogP contribution in [0.3, 0.4) is 0 Å². The van der Waals surface area contributed by atoms with E-state index in [9.17, 15) is 0 Å². The van der Waals surface area contributed by atoms with Gasteiger partial charge in [0.05, 0.1) is 12.8 Å². The fraction of sp³-hybridized carbons (Fsp3) is 0.750. The van der Waals surface area contributed by atoms with Gasteiger partial charge in [0.15, 0.2) is 0 Å². The number of hydrogen-bond acceptors (Lipinski definition) is 3. The second-order valence-corrected chi connectivity index (χ2v) is 5.23. The largest absolute Gasteiger partial charge is 0.468 e. The van der Waals surface area contributed by atoms with E-state index in [1.807, 2.05) is 12.1 Å². The van der Waals surface area contributed by atoms with Gasteiger partial charge in [-0.05, 0) is 25.1 Å². The first-order chi connectivity index (χ1) is 9.31. The first-order valence-electron chi connectivity index (χ1n) is 7.78. The van der Waals surface area contributed by atoms with E-state index >= 15 is 0 Å². The first-order valence-corrected chi connectivity index (χ1v) is 7.78. The normalized spacial score (nSPS) is 13.1. The van der Waals surface area contributed by atoms with Crippen molar-refractivity contribution in [3.63, 3.8) is 0 Å². The van der Waals surface area contributed by atoms with Crippen molar-refractivity contribution in [2.24, 2.45) is 5.73 Å². The fourth-order valence-electron chi connectivity index (χ4n) is 2.53. The third-order valence-electron chi connectivity index (χ3n) is 3.77. The van der Waals surface area contributed by atoms with Gasteiger partial charge in [0.2, 0.25) is 0 Å². The smallest absolute Gasteiger partial charge is 0.117 e. The lowest BCUT2D eigenvalue weighted by Crippen LogP contribution is -2.40. The van der Waals surface area contributed by atoms with Gasteiger partial charge in [-0.2, -0.15) is 0 Å². The molecule has 0 spiro atoms. The number of nitrogens with two attached hydrogens (primary N) is 1. The summed E-state index contributed by atoms with van der Waals surface area (Å²) in [7, 11) is 0. The Balaban J connectivity index is 2.33. The summed E-state index contributed by atoms with van der Waals surface area (Å²) < 4.78 is 5.44. The molecule has 1 heterocycles. The molecule has 0 radical (unpaired) electrons. The third-order valence-corrected chi connectivity index (χ3v) is 3.77. The maximum Gasteiger partial charge on any atom is 0.117 e. The number of rotatable bonds is 11. The third kappa shape index (κ3) is 6.26. The molecule has 1 aromatic rings. The summed E-state index contributed by atoms with van der Waals surface area (Å²) in [4.78, 5) is 2.43. The first kappa shape index (κ1) is 16.3. The molecular weight excluding hydrogens is 236 g/mol.